The summed E-state index contributed by atoms with van der Waals surface area (Å²) in [4.78, 5) is 20.9. The van der Waals surface area contributed by atoms with Crippen molar-refractivity contribution in [1.29, 1.82) is 0 Å². The number of aliphatic carboxylic acids is 2. The van der Waals surface area contributed by atoms with E-state index >= 15 is 0 Å². The van der Waals surface area contributed by atoms with Gasteiger partial charge in [-0.15, -0.1) is 0 Å². The van der Waals surface area contributed by atoms with E-state index in [2.05, 4.69) is 4.74 Å². The zero-order valence-electron chi connectivity index (χ0n) is 13.4. The fourth-order valence-electron chi connectivity index (χ4n) is 0.956. The normalized spacial score (nSPS) is 11.5. The number of carboxylic acids is 2. The first-order chi connectivity index (χ1) is 9.01. The number of carbonyl (C=O) groups is 2. The fraction of sp³-hybridized carbons (Fsp3) is 0.857. The van der Waals surface area contributed by atoms with Crippen LogP contribution in [0, 0.1) is 10.8 Å². The van der Waals surface area contributed by atoms with Crippen molar-refractivity contribution in [3.05, 3.63) is 0 Å². The lowest BCUT2D eigenvalue weighted by atomic mass is 9.95. The summed E-state index contributed by atoms with van der Waals surface area (Å²) in [6.07, 6.45) is 0.926. The second-order valence-electron chi connectivity index (χ2n) is 5.86. The number of hydrogen-bond acceptors (Lipinski definition) is 4. The first-order valence-electron chi connectivity index (χ1n) is 6.54. The lowest BCUT2D eigenvalue weighted by Crippen LogP contribution is -2.29. The van der Waals surface area contributed by atoms with Gasteiger partial charge in [0.2, 0.25) is 0 Å². The van der Waals surface area contributed by atoms with E-state index in [0.29, 0.717) is 6.61 Å². The molecule has 0 fully saturated rings. The summed E-state index contributed by atoms with van der Waals surface area (Å²) < 4.78 is 9.82. The molecule has 0 aromatic carbocycles. The maximum absolute atomic E-state index is 10.5. The Balaban J connectivity index is 0. The number of ether oxygens (including phenoxy) is 2. The van der Waals surface area contributed by atoms with Crippen LogP contribution in [0.25, 0.3) is 0 Å². The van der Waals surface area contributed by atoms with Crippen molar-refractivity contribution in [2.75, 3.05) is 26.9 Å². The monoisotopic (exact) mass is 292 g/mol. The van der Waals surface area contributed by atoms with Gasteiger partial charge in [0.05, 0.1) is 24.0 Å². The van der Waals surface area contributed by atoms with Crippen LogP contribution in [0.5, 0.6) is 0 Å². The van der Waals surface area contributed by atoms with Crippen LogP contribution in [0.2, 0.25) is 0 Å². The van der Waals surface area contributed by atoms with Crippen molar-refractivity contribution >= 4 is 11.9 Å². The average Bonchev–Trinajstić information content (AvgIpc) is 2.29. The summed E-state index contributed by atoms with van der Waals surface area (Å²) >= 11 is 0. The minimum Gasteiger partial charge on any atom is -0.481 e. The van der Waals surface area contributed by atoms with Gasteiger partial charge in [0.15, 0.2) is 0 Å². The molecule has 2 N–H and O–H groups in total. The molecule has 0 aliphatic carbocycles. The number of rotatable bonds is 8. The van der Waals surface area contributed by atoms with Crippen LogP contribution in [0.4, 0.5) is 0 Å². The first kappa shape index (κ1) is 21.2. The van der Waals surface area contributed by atoms with E-state index in [1.54, 1.807) is 27.7 Å². The molecule has 0 aromatic rings. The van der Waals surface area contributed by atoms with Gasteiger partial charge in [-0.1, -0.05) is 6.92 Å². The molecule has 0 atom stereocenters. The Hall–Kier alpha value is -1.14. The van der Waals surface area contributed by atoms with Crippen molar-refractivity contribution in [3.8, 4) is 0 Å². The third kappa shape index (κ3) is 9.75. The summed E-state index contributed by atoms with van der Waals surface area (Å²) in [6, 6.07) is 0. The van der Waals surface area contributed by atoms with E-state index in [0.717, 1.165) is 6.42 Å². The minimum absolute atomic E-state index is 0.252. The molecule has 0 rings (SSSR count). The summed E-state index contributed by atoms with van der Waals surface area (Å²) in [5.74, 6) is -1.64. The minimum atomic E-state index is -0.829. The molecule has 20 heavy (non-hydrogen) atoms. The van der Waals surface area contributed by atoms with Crippen molar-refractivity contribution in [1.82, 2.24) is 0 Å². The van der Waals surface area contributed by atoms with E-state index in [9.17, 15) is 9.59 Å². The van der Waals surface area contributed by atoms with Crippen LogP contribution in [0.1, 0.15) is 41.0 Å². The molecule has 0 heterocycles. The van der Waals surface area contributed by atoms with E-state index < -0.39 is 22.8 Å². The number of methoxy groups -OCH3 is 1. The average molecular weight is 292 g/mol. The summed E-state index contributed by atoms with van der Waals surface area (Å²) in [5, 5.41) is 17.2. The maximum atomic E-state index is 10.5. The molecule has 0 amide bonds. The predicted molar refractivity (Wildman–Crippen MR) is 75.8 cm³/mol. The standard InChI is InChI=1S/C8H16O3.C6H12O3/c1-4-5-11-6-8(2,3)7(9)10;1-6(2,4-9-3)5(7)8/h4-6H2,1-3H3,(H,9,10);4H2,1-3H3,(H,7,8). The smallest absolute Gasteiger partial charge is 0.311 e. The molecule has 0 aromatic heterocycles. The fourth-order valence-corrected chi connectivity index (χ4v) is 0.956. The highest BCUT2D eigenvalue weighted by Crippen LogP contribution is 2.15. The predicted octanol–water partition coefficient (Wildman–Crippen LogP) is 2.27. The van der Waals surface area contributed by atoms with Crippen molar-refractivity contribution in [2.45, 2.75) is 41.0 Å². The number of carboxylic acid groups (broad SMARTS) is 2. The van der Waals surface area contributed by atoms with Gasteiger partial charge in [0.1, 0.15) is 0 Å². The van der Waals surface area contributed by atoms with Gasteiger partial charge in [-0.25, -0.2) is 0 Å². The third-order valence-corrected chi connectivity index (χ3v) is 2.47. The van der Waals surface area contributed by atoms with Crippen LogP contribution < -0.4 is 0 Å². The molecule has 0 spiro atoms. The highest BCUT2D eigenvalue weighted by atomic mass is 16.5. The van der Waals surface area contributed by atoms with Gasteiger partial charge < -0.3 is 19.7 Å². The third-order valence-electron chi connectivity index (χ3n) is 2.47. The summed E-state index contributed by atoms with van der Waals surface area (Å²) in [6.45, 7) is 9.73. The SMILES string of the molecule is CCCOCC(C)(C)C(=O)O.COCC(C)(C)C(=O)O. The molecule has 0 radical (unpaired) electrons. The van der Waals surface area contributed by atoms with Gasteiger partial charge in [-0.2, -0.15) is 0 Å². The second kappa shape index (κ2) is 9.72. The van der Waals surface area contributed by atoms with Crippen LogP contribution in [0.3, 0.4) is 0 Å². The molecule has 0 aliphatic heterocycles. The zero-order chi connectivity index (χ0) is 16.4. The quantitative estimate of drug-likeness (QED) is 0.667. The lowest BCUT2D eigenvalue weighted by molar-refractivity contribution is -0.150. The molecule has 6 heteroatoms. The molecular weight excluding hydrogens is 264 g/mol. The molecule has 0 saturated heterocycles. The van der Waals surface area contributed by atoms with E-state index in [1.165, 1.54) is 7.11 Å². The van der Waals surface area contributed by atoms with E-state index in [-0.39, 0.29) is 13.2 Å². The summed E-state index contributed by atoms with van der Waals surface area (Å²) in [5.41, 5.74) is -1.51. The molecule has 6 nitrogen and oxygen atoms in total. The highest BCUT2D eigenvalue weighted by Gasteiger charge is 2.27. The Morgan fingerprint density at radius 2 is 1.35 bits per heavy atom. The molecule has 0 aliphatic rings. The van der Waals surface area contributed by atoms with Crippen LogP contribution in [-0.2, 0) is 19.1 Å². The van der Waals surface area contributed by atoms with E-state index in [1.807, 2.05) is 6.92 Å². The molecule has 0 bridgehead atoms. The maximum Gasteiger partial charge on any atom is 0.311 e. The van der Waals surface area contributed by atoms with E-state index in [4.69, 9.17) is 14.9 Å². The number of hydrogen-bond donors (Lipinski definition) is 2. The zero-order valence-corrected chi connectivity index (χ0v) is 13.4. The van der Waals surface area contributed by atoms with Crippen molar-refractivity contribution < 1.29 is 29.3 Å². The molecule has 0 unspecified atom stereocenters. The Bertz CT molecular complexity index is 296. The van der Waals surface area contributed by atoms with Crippen LogP contribution >= 0.6 is 0 Å². The summed E-state index contributed by atoms with van der Waals surface area (Å²) in [7, 11) is 1.49. The first-order valence-corrected chi connectivity index (χ1v) is 6.54. The van der Waals surface area contributed by atoms with Crippen molar-refractivity contribution in [2.24, 2.45) is 10.8 Å². The molecule has 0 saturated carbocycles. The Morgan fingerprint density at radius 1 is 0.950 bits per heavy atom. The van der Waals surface area contributed by atoms with Crippen LogP contribution in [0.15, 0.2) is 0 Å². The van der Waals surface area contributed by atoms with Gasteiger partial charge in [-0.05, 0) is 34.1 Å². The Morgan fingerprint density at radius 3 is 1.60 bits per heavy atom. The molecular formula is C14H28O6. The van der Waals surface area contributed by atoms with Crippen LogP contribution in [-0.4, -0.2) is 49.1 Å². The Labute approximate surface area is 121 Å². The topological polar surface area (TPSA) is 93.1 Å². The van der Waals surface area contributed by atoms with Gasteiger partial charge in [0.25, 0.3) is 0 Å². The lowest BCUT2D eigenvalue weighted by Gasteiger charge is -2.18. The second-order valence-corrected chi connectivity index (χ2v) is 5.86. The van der Waals surface area contributed by atoms with Gasteiger partial charge in [-0.3, -0.25) is 9.59 Å². The Kier molecular flexibility index (Phi) is 10.3. The van der Waals surface area contributed by atoms with Gasteiger partial charge in [0, 0.05) is 13.7 Å². The van der Waals surface area contributed by atoms with Crippen molar-refractivity contribution in [3.63, 3.8) is 0 Å². The largest absolute Gasteiger partial charge is 0.481 e. The molecule has 120 valence electrons. The highest BCUT2D eigenvalue weighted by molar-refractivity contribution is 5.74. The van der Waals surface area contributed by atoms with Gasteiger partial charge >= 0.3 is 11.9 Å².